The molecule has 0 aliphatic carbocycles. The van der Waals surface area contributed by atoms with Crippen molar-refractivity contribution < 1.29 is 26.0 Å². The van der Waals surface area contributed by atoms with Gasteiger partial charge in [-0.2, -0.15) is 13.2 Å². The highest BCUT2D eigenvalue weighted by atomic mass is 32.2. The van der Waals surface area contributed by atoms with E-state index in [0.29, 0.717) is 11.4 Å². The van der Waals surface area contributed by atoms with E-state index in [9.17, 15) is 21.6 Å². The average molecular weight is 414 g/mol. The van der Waals surface area contributed by atoms with Crippen LogP contribution in [0.3, 0.4) is 0 Å². The van der Waals surface area contributed by atoms with Crippen molar-refractivity contribution in [3.05, 3.63) is 46.6 Å². The third-order valence-corrected chi connectivity index (χ3v) is 5.75. The molecule has 0 saturated heterocycles. The monoisotopic (exact) mass is 414 g/mol. The van der Waals surface area contributed by atoms with Gasteiger partial charge in [-0.15, -0.1) is 10.2 Å². The lowest BCUT2D eigenvalue weighted by Crippen LogP contribution is -2.17. The number of anilines is 1. The van der Waals surface area contributed by atoms with E-state index >= 15 is 0 Å². The van der Waals surface area contributed by atoms with Gasteiger partial charge in [0, 0.05) is 18.3 Å². The minimum atomic E-state index is -4.60. The Labute approximate surface area is 159 Å². The standard InChI is InChI=1S/C17H17F3N4O3S/c1-8-12(17(18,19)20)6-5-7-13(8)24-28(25,26)15-10(3)21-9(2)14(15)16-23-22-11(4)27-16/h5-7,21,24H,1-4H3. The number of nitrogens with zero attached hydrogens (tertiary/aromatic N) is 2. The molecule has 0 aliphatic rings. The number of aromatic nitrogens is 3. The first-order valence-corrected chi connectivity index (χ1v) is 9.59. The summed E-state index contributed by atoms with van der Waals surface area (Å²) < 4.78 is 73.1. The second-order valence-corrected chi connectivity index (χ2v) is 7.91. The van der Waals surface area contributed by atoms with E-state index < -0.39 is 21.8 Å². The van der Waals surface area contributed by atoms with Gasteiger partial charge in [0.2, 0.25) is 5.89 Å². The molecule has 0 aliphatic heterocycles. The Bertz CT molecular complexity index is 1150. The Morgan fingerprint density at radius 2 is 1.75 bits per heavy atom. The number of halogens is 3. The molecule has 28 heavy (non-hydrogen) atoms. The zero-order valence-electron chi connectivity index (χ0n) is 15.4. The van der Waals surface area contributed by atoms with Crippen molar-refractivity contribution in [2.75, 3.05) is 4.72 Å². The van der Waals surface area contributed by atoms with Crippen molar-refractivity contribution in [1.29, 1.82) is 0 Å². The molecule has 3 aromatic rings. The maximum Gasteiger partial charge on any atom is 0.416 e. The Morgan fingerprint density at radius 3 is 2.32 bits per heavy atom. The average Bonchev–Trinajstić information content (AvgIpc) is 3.10. The molecule has 150 valence electrons. The molecule has 0 radical (unpaired) electrons. The summed E-state index contributed by atoms with van der Waals surface area (Å²) in [6.07, 6.45) is -4.60. The van der Waals surface area contributed by atoms with Crippen LogP contribution in [-0.2, 0) is 16.2 Å². The molecule has 0 unspecified atom stereocenters. The van der Waals surface area contributed by atoms with E-state index in [1.807, 2.05) is 0 Å². The maximum atomic E-state index is 13.1. The van der Waals surface area contributed by atoms with Gasteiger partial charge in [-0.3, -0.25) is 4.72 Å². The summed E-state index contributed by atoms with van der Waals surface area (Å²) in [6, 6.07) is 3.31. The third kappa shape index (κ3) is 3.49. The van der Waals surface area contributed by atoms with Crippen molar-refractivity contribution in [1.82, 2.24) is 15.2 Å². The minimum absolute atomic E-state index is 0.000453. The Balaban J connectivity index is 2.12. The smallest absolute Gasteiger partial charge is 0.416 e. The zero-order chi connectivity index (χ0) is 20.9. The van der Waals surface area contributed by atoms with Crippen LogP contribution in [0.5, 0.6) is 0 Å². The number of nitrogens with one attached hydrogen (secondary N) is 2. The van der Waals surface area contributed by atoms with E-state index in [1.165, 1.54) is 19.9 Å². The topological polar surface area (TPSA) is 101 Å². The number of benzene rings is 1. The lowest BCUT2D eigenvalue weighted by molar-refractivity contribution is -0.138. The second-order valence-electron chi connectivity index (χ2n) is 6.29. The van der Waals surface area contributed by atoms with E-state index in [-0.39, 0.29) is 33.5 Å². The first-order valence-electron chi connectivity index (χ1n) is 8.11. The Morgan fingerprint density at radius 1 is 1.07 bits per heavy atom. The molecule has 2 N–H and O–H groups in total. The summed E-state index contributed by atoms with van der Waals surface area (Å²) >= 11 is 0. The Hall–Kier alpha value is -2.82. The summed E-state index contributed by atoms with van der Waals surface area (Å²) in [5.74, 6) is 0.249. The number of hydrogen-bond donors (Lipinski definition) is 2. The quantitative estimate of drug-likeness (QED) is 0.669. The van der Waals surface area contributed by atoms with E-state index in [1.54, 1.807) is 13.8 Å². The summed E-state index contributed by atoms with van der Waals surface area (Å²) in [5, 5.41) is 7.56. The van der Waals surface area contributed by atoms with Crippen LogP contribution in [0, 0.1) is 27.7 Å². The fourth-order valence-electron chi connectivity index (χ4n) is 3.00. The van der Waals surface area contributed by atoms with E-state index in [2.05, 4.69) is 19.9 Å². The highest BCUT2D eigenvalue weighted by Gasteiger charge is 2.34. The van der Waals surface area contributed by atoms with Crippen molar-refractivity contribution >= 4 is 15.7 Å². The fourth-order valence-corrected chi connectivity index (χ4v) is 4.57. The predicted octanol–water partition coefficient (Wildman–Crippen LogP) is 4.12. The van der Waals surface area contributed by atoms with Crippen LogP contribution in [0.2, 0.25) is 0 Å². The molecule has 3 rings (SSSR count). The number of rotatable bonds is 4. The molecule has 2 aromatic heterocycles. The molecule has 0 amide bonds. The molecule has 0 spiro atoms. The Kier molecular flexibility index (Phi) is 4.74. The second kappa shape index (κ2) is 6.66. The summed E-state index contributed by atoms with van der Waals surface area (Å²) in [5.41, 5.74) is -0.361. The van der Waals surface area contributed by atoms with Crippen LogP contribution in [-0.4, -0.2) is 23.6 Å². The van der Waals surface area contributed by atoms with Crippen LogP contribution >= 0.6 is 0 Å². The van der Waals surface area contributed by atoms with Crippen LogP contribution in [0.1, 0.15) is 28.4 Å². The summed E-state index contributed by atoms with van der Waals surface area (Å²) in [6.45, 7) is 5.94. The van der Waals surface area contributed by atoms with Gasteiger partial charge in [0.05, 0.1) is 16.8 Å². The molecule has 2 heterocycles. The van der Waals surface area contributed by atoms with Crippen LogP contribution in [0.25, 0.3) is 11.5 Å². The van der Waals surface area contributed by atoms with Gasteiger partial charge < -0.3 is 9.40 Å². The van der Waals surface area contributed by atoms with Crippen molar-refractivity contribution in [2.24, 2.45) is 0 Å². The number of hydrogen-bond acceptors (Lipinski definition) is 5. The maximum absolute atomic E-state index is 13.1. The van der Waals surface area contributed by atoms with Gasteiger partial charge in [0.1, 0.15) is 4.90 Å². The first kappa shape index (κ1) is 19.9. The normalized spacial score (nSPS) is 12.4. The minimum Gasteiger partial charge on any atom is -0.421 e. The molecule has 7 nitrogen and oxygen atoms in total. The van der Waals surface area contributed by atoms with E-state index in [4.69, 9.17) is 4.42 Å². The zero-order valence-corrected chi connectivity index (χ0v) is 16.2. The van der Waals surface area contributed by atoms with Crippen molar-refractivity contribution in [3.63, 3.8) is 0 Å². The van der Waals surface area contributed by atoms with Gasteiger partial charge >= 0.3 is 6.18 Å². The predicted molar refractivity (Wildman–Crippen MR) is 95.3 cm³/mol. The van der Waals surface area contributed by atoms with Crippen LogP contribution in [0.4, 0.5) is 18.9 Å². The number of H-pyrrole nitrogens is 1. The SMILES string of the molecule is Cc1nnc(-c2c(C)[nH]c(C)c2S(=O)(=O)Nc2cccc(C(F)(F)F)c2C)o1. The molecule has 0 atom stereocenters. The number of sulfonamides is 1. The number of aryl methyl sites for hydroxylation is 3. The van der Waals surface area contributed by atoms with Gasteiger partial charge in [0.25, 0.3) is 15.9 Å². The van der Waals surface area contributed by atoms with Crippen molar-refractivity contribution in [2.45, 2.75) is 38.8 Å². The highest BCUT2D eigenvalue weighted by Crippen LogP contribution is 2.37. The highest BCUT2D eigenvalue weighted by molar-refractivity contribution is 7.93. The lowest BCUT2D eigenvalue weighted by atomic mass is 10.1. The molecular weight excluding hydrogens is 397 g/mol. The largest absolute Gasteiger partial charge is 0.421 e. The van der Waals surface area contributed by atoms with Gasteiger partial charge in [0.15, 0.2) is 0 Å². The van der Waals surface area contributed by atoms with Crippen LogP contribution in [0.15, 0.2) is 27.5 Å². The van der Waals surface area contributed by atoms with Gasteiger partial charge in [-0.25, -0.2) is 8.42 Å². The third-order valence-electron chi connectivity index (χ3n) is 4.21. The summed E-state index contributed by atoms with van der Waals surface area (Å²) in [4.78, 5) is 2.74. The molecular formula is C17H17F3N4O3S. The van der Waals surface area contributed by atoms with Crippen LogP contribution < -0.4 is 4.72 Å². The fraction of sp³-hybridized carbons (Fsp3) is 0.294. The molecule has 0 bridgehead atoms. The molecule has 11 heteroatoms. The molecule has 0 saturated carbocycles. The molecule has 0 fully saturated rings. The summed E-state index contributed by atoms with van der Waals surface area (Å²) in [7, 11) is -4.25. The van der Waals surface area contributed by atoms with Gasteiger partial charge in [-0.05, 0) is 38.5 Å². The number of alkyl halides is 3. The van der Waals surface area contributed by atoms with Crippen molar-refractivity contribution in [3.8, 4) is 11.5 Å². The molecule has 1 aromatic carbocycles. The number of aromatic amines is 1. The van der Waals surface area contributed by atoms with E-state index in [0.717, 1.165) is 12.1 Å². The first-order chi connectivity index (χ1) is 12.9. The van der Waals surface area contributed by atoms with Gasteiger partial charge in [-0.1, -0.05) is 6.07 Å². The lowest BCUT2D eigenvalue weighted by Gasteiger charge is -2.16.